The van der Waals surface area contributed by atoms with Crippen LogP contribution in [0.2, 0.25) is 0 Å². The van der Waals surface area contributed by atoms with E-state index in [0.29, 0.717) is 0 Å². The van der Waals surface area contributed by atoms with Crippen LogP contribution in [0.15, 0.2) is 31.0 Å². The largest absolute Gasteiger partial charge is 0.344 e. The van der Waals surface area contributed by atoms with Gasteiger partial charge in [-0.25, -0.2) is 4.79 Å². The van der Waals surface area contributed by atoms with Gasteiger partial charge in [0, 0.05) is 19.3 Å². The van der Waals surface area contributed by atoms with Gasteiger partial charge in [0.25, 0.3) is 0 Å². The monoisotopic (exact) mass is 259 g/mol. The zero-order valence-electron chi connectivity index (χ0n) is 11.6. The van der Waals surface area contributed by atoms with Crippen LogP contribution in [0.25, 0.3) is 5.57 Å². The van der Waals surface area contributed by atoms with E-state index >= 15 is 0 Å². The third kappa shape index (κ3) is 3.13. The zero-order valence-corrected chi connectivity index (χ0v) is 11.6. The van der Waals surface area contributed by atoms with E-state index in [1.54, 1.807) is 6.20 Å². The molecule has 4 nitrogen and oxygen atoms in total. The van der Waals surface area contributed by atoms with Gasteiger partial charge in [0.05, 0.1) is 5.69 Å². The summed E-state index contributed by atoms with van der Waals surface area (Å²) in [4.78, 5) is 14.2. The van der Waals surface area contributed by atoms with Crippen LogP contribution >= 0.6 is 0 Å². The number of carbonyl (C=O) groups is 1. The molecule has 1 aromatic heterocycles. The first-order valence-electron chi connectivity index (χ1n) is 6.81. The third-order valence-corrected chi connectivity index (χ3v) is 3.54. The number of carbonyl (C=O) groups excluding carboxylic acids is 1. The van der Waals surface area contributed by atoms with Crippen molar-refractivity contribution >= 4 is 11.6 Å². The Morgan fingerprint density at radius 3 is 2.95 bits per heavy atom. The van der Waals surface area contributed by atoms with Gasteiger partial charge in [-0.3, -0.25) is 0 Å². The van der Waals surface area contributed by atoms with E-state index in [-0.39, 0.29) is 6.03 Å². The molecule has 0 aliphatic carbocycles. The number of rotatable bonds is 2. The van der Waals surface area contributed by atoms with Crippen LogP contribution in [0.3, 0.4) is 0 Å². The predicted molar refractivity (Wildman–Crippen MR) is 76.9 cm³/mol. The van der Waals surface area contributed by atoms with Crippen molar-refractivity contribution in [3.05, 3.63) is 36.7 Å². The Morgan fingerprint density at radius 2 is 2.21 bits per heavy atom. The lowest BCUT2D eigenvalue weighted by atomic mass is 10.1. The number of aromatic nitrogens is 2. The molecule has 0 saturated carbocycles. The first-order chi connectivity index (χ1) is 9.11. The van der Waals surface area contributed by atoms with E-state index < -0.39 is 0 Å². The summed E-state index contributed by atoms with van der Waals surface area (Å²) in [6, 6.07) is 1.80. The van der Waals surface area contributed by atoms with E-state index in [9.17, 15) is 4.79 Å². The average molecular weight is 259 g/mol. The summed E-state index contributed by atoms with van der Waals surface area (Å²) in [5.74, 6) is 0. The van der Waals surface area contributed by atoms with Crippen molar-refractivity contribution in [2.24, 2.45) is 0 Å². The average Bonchev–Trinajstić information content (AvgIpc) is 2.81. The Hall–Kier alpha value is -1.84. The zero-order chi connectivity index (χ0) is 13.8. The fourth-order valence-electron chi connectivity index (χ4n) is 2.19. The van der Waals surface area contributed by atoms with E-state index in [4.69, 9.17) is 0 Å². The van der Waals surface area contributed by atoms with Crippen LogP contribution in [0, 0.1) is 0 Å². The van der Waals surface area contributed by atoms with Gasteiger partial charge in [-0.05, 0) is 37.3 Å². The Bertz CT molecular complexity index is 501. The fourth-order valence-corrected chi connectivity index (χ4v) is 2.19. The molecule has 2 heterocycles. The second kappa shape index (κ2) is 5.87. The number of allylic oxidation sites excluding steroid dienone is 1. The van der Waals surface area contributed by atoms with Crippen molar-refractivity contribution in [1.82, 2.24) is 14.7 Å². The summed E-state index contributed by atoms with van der Waals surface area (Å²) >= 11 is 0. The molecule has 0 bridgehead atoms. The van der Waals surface area contributed by atoms with Gasteiger partial charge in [-0.15, -0.1) is 0 Å². The minimum absolute atomic E-state index is 0.0511. The van der Waals surface area contributed by atoms with Crippen molar-refractivity contribution in [2.45, 2.75) is 32.6 Å². The van der Waals surface area contributed by atoms with E-state index in [2.05, 4.69) is 18.3 Å². The maximum Gasteiger partial charge on any atom is 0.344 e. The molecule has 19 heavy (non-hydrogen) atoms. The summed E-state index contributed by atoms with van der Waals surface area (Å²) in [6.45, 7) is 11.5. The molecule has 1 aromatic rings. The molecule has 102 valence electrons. The maximum atomic E-state index is 12.4. The van der Waals surface area contributed by atoms with E-state index in [0.717, 1.165) is 50.0 Å². The van der Waals surface area contributed by atoms with Crippen LogP contribution in [0.5, 0.6) is 0 Å². The van der Waals surface area contributed by atoms with Crippen molar-refractivity contribution in [3.8, 4) is 0 Å². The van der Waals surface area contributed by atoms with Gasteiger partial charge in [-0.2, -0.15) is 9.78 Å². The Balaban J connectivity index is 2.08. The number of hydrogen-bond acceptors (Lipinski definition) is 2. The number of nitrogens with zero attached hydrogens (tertiary/aromatic N) is 3. The van der Waals surface area contributed by atoms with Gasteiger partial charge >= 0.3 is 6.03 Å². The highest BCUT2D eigenvalue weighted by Crippen LogP contribution is 2.16. The smallest absolute Gasteiger partial charge is 0.323 e. The van der Waals surface area contributed by atoms with Crippen molar-refractivity contribution < 1.29 is 4.79 Å². The molecule has 1 fully saturated rings. The SMILES string of the molecule is C=C1CCCN(C(=O)n2ccc(C(=C)CC)n2)CC1. The molecule has 0 aromatic carbocycles. The highest BCUT2D eigenvalue weighted by atomic mass is 16.2. The number of likely N-dealkylation sites (tertiary alicyclic amines) is 1. The Kier molecular flexibility index (Phi) is 4.20. The van der Waals surface area contributed by atoms with Crippen LogP contribution in [-0.4, -0.2) is 33.8 Å². The highest BCUT2D eigenvalue weighted by Gasteiger charge is 2.19. The van der Waals surface area contributed by atoms with Crippen molar-refractivity contribution in [3.63, 3.8) is 0 Å². The molecule has 4 heteroatoms. The minimum Gasteiger partial charge on any atom is -0.323 e. The molecule has 0 atom stereocenters. The molecule has 1 aliphatic heterocycles. The molecule has 0 spiro atoms. The summed E-state index contributed by atoms with van der Waals surface area (Å²) in [7, 11) is 0. The summed E-state index contributed by atoms with van der Waals surface area (Å²) < 4.78 is 1.42. The van der Waals surface area contributed by atoms with Crippen LogP contribution in [-0.2, 0) is 0 Å². The lowest BCUT2D eigenvalue weighted by Crippen LogP contribution is -2.35. The molecular weight excluding hydrogens is 238 g/mol. The second-order valence-corrected chi connectivity index (χ2v) is 4.98. The topological polar surface area (TPSA) is 38.1 Å². The Morgan fingerprint density at radius 1 is 1.42 bits per heavy atom. The molecule has 1 aliphatic rings. The first-order valence-corrected chi connectivity index (χ1v) is 6.81. The lowest BCUT2D eigenvalue weighted by Gasteiger charge is -2.19. The summed E-state index contributed by atoms with van der Waals surface area (Å²) in [6.07, 6.45) is 5.45. The normalized spacial score (nSPS) is 16.3. The highest BCUT2D eigenvalue weighted by molar-refractivity contribution is 5.76. The van der Waals surface area contributed by atoms with Gasteiger partial charge in [0.1, 0.15) is 0 Å². The first kappa shape index (κ1) is 13.6. The molecule has 0 radical (unpaired) electrons. The van der Waals surface area contributed by atoms with Crippen LogP contribution in [0.1, 0.15) is 38.3 Å². The summed E-state index contributed by atoms with van der Waals surface area (Å²) in [5, 5.41) is 4.31. The fraction of sp³-hybridized carbons (Fsp3) is 0.467. The summed E-state index contributed by atoms with van der Waals surface area (Å²) in [5.41, 5.74) is 2.99. The second-order valence-electron chi connectivity index (χ2n) is 4.98. The predicted octanol–water partition coefficient (Wildman–Crippen LogP) is 3.32. The van der Waals surface area contributed by atoms with E-state index in [1.807, 2.05) is 17.9 Å². The molecule has 2 rings (SSSR count). The van der Waals surface area contributed by atoms with Gasteiger partial charge in [0.2, 0.25) is 0 Å². The molecule has 1 saturated heterocycles. The van der Waals surface area contributed by atoms with Gasteiger partial charge in [0.15, 0.2) is 0 Å². The third-order valence-electron chi connectivity index (χ3n) is 3.54. The number of hydrogen-bond donors (Lipinski definition) is 0. The lowest BCUT2D eigenvalue weighted by molar-refractivity contribution is 0.198. The van der Waals surface area contributed by atoms with Crippen LogP contribution < -0.4 is 0 Å². The molecule has 0 N–H and O–H groups in total. The number of amides is 1. The van der Waals surface area contributed by atoms with Gasteiger partial charge < -0.3 is 4.90 Å². The standard InChI is InChI=1S/C15H21N3O/c1-4-13(3)14-8-11-18(16-14)15(19)17-9-5-6-12(2)7-10-17/h8,11H,2-7,9-10H2,1H3. The maximum absolute atomic E-state index is 12.4. The van der Waals surface area contributed by atoms with Crippen molar-refractivity contribution in [1.29, 1.82) is 0 Å². The quantitative estimate of drug-likeness (QED) is 0.764. The molecule has 0 unspecified atom stereocenters. The molecule has 1 amide bonds. The van der Waals surface area contributed by atoms with Crippen LogP contribution in [0.4, 0.5) is 4.79 Å². The van der Waals surface area contributed by atoms with Gasteiger partial charge in [-0.1, -0.05) is 25.7 Å². The minimum atomic E-state index is -0.0511. The Labute approximate surface area is 114 Å². The molecular formula is C15H21N3O. The van der Waals surface area contributed by atoms with Crippen molar-refractivity contribution in [2.75, 3.05) is 13.1 Å². The van der Waals surface area contributed by atoms with E-state index in [1.165, 1.54) is 10.3 Å².